The maximum atomic E-state index is 12.6. The van der Waals surface area contributed by atoms with Crippen LogP contribution >= 0.6 is 0 Å². The van der Waals surface area contributed by atoms with E-state index in [0.29, 0.717) is 12.1 Å². The van der Waals surface area contributed by atoms with E-state index in [1.807, 2.05) is 39.0 Å². The minimum atomic E-state index is -0.561. The van der Waals surface area contributed by atoms with Gasteiger partial charge in [0.2, 0.25) is 0 Å². The largest absolute Gasteiger partial charge is 0.444 e. The first-order valence-corrected chi connectivity index (χ1v) is 8.21. The molecule has 1 aromatic rings. The fraction of sp³-hybridized carbons (Fsp3) is 0.526. The van der Waals surface area contributed by atoms with Crippen LogP contribution in [0.1, 0.15) is 50.7 Å². The molecule has 1 spiro atoms. The van der Waals surface area contributed by atoms with Gasteiger partial charge in [0.1, 0.15) is 5.60 Å². The zero-order valence-electron chi connectivity index (χ0n) is 14.2. The lowest BCUT2D eigenvalue weighted by Crippen LogP contribution is -2.42. The summed E-state index contributed by atoms with van der Waals surface area (Å²) >= 11 is 0. The maximum absolute atomic E-state index is 12.6. The van der Waals surface area contributed by atoms with Crippen LogP contribution in [0.25, 0.3) is 0 Å². The van der Waals surface area contributed by atoms with Crippen molar-refractivity contribution in [3.8, 4) is 12.1 Å². The first-order chi connectivity index (χ1) is 11.3. The Morgan fingerprint density at radius 1 is 1.33 bits per heavy atom. The summed E-state index contributed by atoms with van der Waals surface area (Å²) in [5, 5.41) is 18.8. The van der Waals surface area contributed by atoms with Crippen LogP contribution < -0.4 is 0 Å². The number of carbonyl (C=O) groups excluding carboxylic acids is 1. The van der Waals surface area contributed by atoms with Gasteiger partial charge in [-0.3, -0.25) is 0 Å². The Morgan fingerprint density at radius 3 is 2.58 bits per heavy atom. The molecule has 0 aromatic heterocycles. The third-order valence-corrected chi connectivity index (χ3v) is 4.86. The van der Waals surface area contributed by atoms with Crippen molar-refractivity contribution < 1.29 is 9.53 Å². The summed E-state index contributed by atoms with van der Waals surface area (Å²) in [6.07, 6.45) is 1.32. The smallest absolute Gasteiger partial charge is 0.410 e. The van der Waals surface area contributed by atoms with Crippen LogP contribution in [-0.4, -0.2) is 28.7 Å². The molecular weight excluding hydrogens is 302 g/mol. The molecule has 1 heterocycles. The Morgan fingerprint density at radius 2 is 2.04 bits per heavy atom. The zero-order chi connectivity index (χ0) is 17.5. The molecule has 0 radical (unpaired) electrons. The molecule has 5 heteroatoms. The molecule has 2 aliphatic rings. The molecule has 1 saturated heterocycles. The predicted octanol–water partition coefficient (Wildman–Crippen LogP) is 3.56. The number of nitriles is 2. The molecule has 2 atom stereocenters. The van der Waals surface area contributed by atoms with Gasteiger partial charge in [-0.2, -0.15) is 10.5 Å². The van der Waals surface area contributed by atoms with Gasteiger partial charge in [-0.15, -0.1) is 0 Å². The van der Waals surface area contributed by atoms with Crippen LogP contribution in [0.15, 0.2) is 24.3 Å². The van der Waals surface area contributed by atoms with E-state index in [-0.39, 0.29) is 17.9 Å². The highest BCUT2D eigenvalue weighted by molar-refractivity contribution is 5.71. The lowest BCUT2D eigenvalue weighted by atomic mass is 9.84. The number of amides is 1. The minimum Gasteiger partial charge on any atom is -0.444 e. The molecule has 1 saturated carbocycles. The third kappa shape index (κ3) is 2.71. The van der Waals surface area contributed by atoms with E-state index in [0.717, 1.165) is 18.4 Å². The summed E-state index contributed by atoms with van der Waals surface area (Å²) in [6, 6.07) is 11.9. The van der Waals surface area contributed by atoms with Crippen molar-refractivity contribution in [1.82, 2.24) is 4.90 Å². The summed E-state index contributed by atoms with van der Waals surface area (Å²) in [5.74, 6) is -0.350. The molecule has 1 aliphatic heterocycles. The molecule has 3 rings (SSSR count). The van der Waals surface area contributed by atoms with Gasteiger partial charge in [-0.05, 0) is 51.3 Å². The molecule has 1 aliphatic carbocycles. The molecule has 2 fully saturated rings. The monoisotopic (exact) mass is 323 g/mol. The summed E-state index contributed by atoms with van der Waals surface area (Å²) in [7, 11) is 0. The fourth-order valence-corrected chi connectivity index (χ4v) is 3.66. The van der Waals surface area contributed by atoms with Gasteiger partial charge >= 0.3 is 6.09 Å². The first kappa shape index (κ1) is 16.3. The van der Waals surface area contributed by atoms with Crippen molar-refractivity contribution >= 4 is 6.09 Å². The van der Waals surface area contributed by atoms with Gasteiger partial charge in [-0.1, -0.05) is 12.1 Å². The molecule has 124 valence electrons. The average Bonchev–Trinajstić information content (AvgIpc) is 3.22. The van der Waals surface area contributed by atoms with Crippen LogP contribution in [0.2, 0.25) is 0 Å². The van der Waals surface area contributed by atoms with E-state index in [9.17, 15) is 10.1 Å². The highest BCUT2D eigenvalue weighted by Gasteiger charge is 2.64. The Bertz CT molecular complexity index is 747. The number of likely N-dealkylation sites (tertiary alicyclic amines) is 1. The quantitative estimate of drug-likeness (QED) is 0.791. The van der Waals surface area contributed by atoms with Gasteiger partial charge in [0.05, 0.1) is 29.2 Å². The normalized spacial score (nSPS) is 24.3. The van der Waals surface area contributed by atoms with Crippen LogP contribution in [0.4, 0.5) is 4.79 Å². The summed E-state index contributed by atoms with van der Waals surface area (Å²) in [6.45, 7) is 5.99. The van der Waals surface area contributed by atoms with E-state index < -0.39 is 11.1 Å². The molecule has 0 bridgehead atoms. The molecular formula is C19H21N3O2. The first-order valence-electron chi connectivity index (χ1n) is 8.21. The Hall–Kier alpha value is -2.53. The summed E-state index contributed by atoms with van der Waals surface area (Å²) in [4.78, 5) is 14.4. The second kappa shape index (κ2) is 5.53. The third-order valence-electron chi connectivity index (χ3n) is 4.86. The predicted molar refractivity (Wildman–Crippen MR) is 87.9 cm³/mol. The number of benzene rings is 1. The molecule has 0 unspecified atom stereocenters. The van der Waals surface area contributed by atoms with Crippen LogP contribution in [0.5, 0.6) is 0 Å². The Labute approximate surface area is 142 Å². The van der Waals surface area contributed by atoms with Gasteiger partial charge < -0.3 is 9.64 Å². The van der Waals surface area contributed by atoms with Crippen LogP contribution in [-0.2, 0) is 4.74 Å². The molecule has 5 nitrogen and oxygen atoms in total. The van der Waals surface area contributed by atoms with Gasteiger partial charge in [0.15, 0.2) is 0 Å². The number of carbonyl (C=O) groups is 1. The maximum Gasteiger partial charge on any atom is 0.410 e. The van der Waals surface area contributed by atoms with Gasteiger partial charge in [0.25, 0.3) is 0 Å². The van der Waals surface area contributed by atoms with E-state index in [1.165, 1.54) is 0 Å². The number of ether oxygens (including phenoxy) is 1. The lowest BCUT2D eigenvalue weighted by Gasteiger charge is -2.29. The van der Waals surface area contributed by atoms with E-state index in [4.69, 9.17) is 10.00 Å². The van der Waals surface area contributed by atoms with E-state index in [2.05, 4.69) is 12.1 Å². The van der Waals surface area contributed by atoms with Crippen LogP contribution in [0.3, 0.4) is 0 Å². The summed E-state index contributed by atoms with van der Waals surface area (Å²) < 4.78 is 5.54. The molecule has 1 aromatic carbocycles. The second-order valence-electron chi connectivity index (χ2n) is 7.65. The summed E-state index contributed by atoms with van der Waals surface area (Å²) in [5.41, 5.74) is 0.557. The topological polar surface area (TPSA) is 77.1 Å². The highest BCUT2D eigenvalue weighted by atomic mass is 16.6. The minimum absolute atomic E-state index is 0.0849. The highest BCUT2D eigenvalue weighted by Crippen LogP contribution is 2.57. The number of rotatable bonds is 1. The average molecular weight is 323 g/mol. The van der Waals surface area contributed by atoms with E-state index in [1.54, 1.807) is 11.0 Å². The number of hydrogen-bond donors (Lipinski definition) is 0. The number of nitrogens with zero attached hydrogens (tertiary/aromatic N) is 3. The molecule has 0 N–H and O–H groups in total. The van der Waals surface area contributed by atoms with Crippen molar-refractivity contribution in [2.24, 2.45) is 5.92 Å². The van der Waals surface area contributed by atoms with Crippen LogP contribution in [0, 0.1) is 28.6 Å². The van der Waals surface area contributed by atoms with Crippen molar-refractivity contribution in [3.05, 3.63) is 35.4 Å². The van der Waals surface area contributed by atoms with Gasteiger partial charge in [0, 0.05) is 12.5 Å². The van der Waals surface area contributed by atoms with Gasteiger partial charge in [-0.25, -0.2) is 4.79 Å². The zero-order valence-corrected chi connectivity index (χ0v) is 14.2. The fourth-order valence-electron chi connectivity index (χ4n) is 3.66. The number of hydrogen-bond acceptors (Lipinski definition) is 4. The van der Waals surface area contributed by atoms with E-state index >= 15 is 0 Å². The molecule has 24 heavy (non-hydrogen) atoms. The second-order valence-corrected chi connectivity index (χ2v) is 7.65. The standard InChI is InChI=1S/C19H21N3O2/c1-18(2,3)24-17(23)22-12-15(16(11-21)19(22)7-8-19)14-6-4-5-13(9-14)10-20/h4-6,9,15-16H,7-8,12H2,1-3H3/t15-,16-/m0/s1. The molecule has 1 amide bonds. The van der Waals surface area contributed by atoms with Crippen molar-refractivity contribution in [2.45, 2.75) is 50.7 Å². The SMILES string of the molecule is CC(C)(C)OC(=O)N1C[C@@H](c2cccc(C#N)c2)[C@H](C#N)C12CC2. The lowest BCUT2D eigenvalue weighted by molar-refractivity contribution is 0.0190. The van der Waals surface area contributed by atoms with Crippen molar-refractivity contribution in [2.75, 3.05) is 6.54 Å². The Kier molecular flexibility index (Phi) is 3.76. The Balaban J connectivity index is 1.92. The van der Waals surface area contributed by atoms with Crippen molar-refractivity contribution in [3.63, 3.8) is 0 Å². The van der Waals surface area contributed by atoms with Crippen molar-refractivity contribution in [1.29, 1.82) is 10.5 Å².